The van der Waals surface area contributed by atoms with E-state index in [0.29, 0.717) is 17.9 Å². The second kappa shape index (κ2) is 6.12. The number of aromatic nitrogens is 3. The summed E-state index contributed by atoms with van der Waals surface area (Å²) in [5, 5.41) is 17.4. The first kappa shape index (κ1) is 15.7. The number of aromatic amines is 1. The number of nitrogens with one attached hydrogen (secondary N) is 1. The SMILES string of the molecule is Cc1nc(-c2cccc(C(=O)N(C)CC3(O)CCCC3)c2)n[nH]1. The van der Waals surface area contributed by atoms with Crippen molar-refractivity contribution in [2.75, 3.05) is 13.6 Å². The van der Waals surface area contributed by atoms with E-state index >= 15 is 0 Å². The van der Waals surface area contributed by atoms with Crippen molar-refractivity contribution in [3.05, 3.63) is 35.7 Å². The fourth-order valence-corrected chi connectivity index (χ4v) is 3.19. The molecule has 0 spiro atoms. The van der Waals surface area contributed by atoms with Gasteiger partial charge in [-0.05, 0) is 31.9 Å². The second-order valence-electron chi connectivity index (χ2n) is 6.42. The largest absolute Gasteiger partial charge is 0.388 e. The van der Waals surface area contributed by atoms with Gasteiger partial charge in [-0.2, -0.15) is 5.10 Å². The van der Waals surface area contributed by atoms with E-state index in [1.54, 1.807) is 24.1 Å². The van der Waals surface area contributed by atoms with Crippen molar-refractivity contribution < 1.29 is 9.90 Å². The van der Waals surface area contributed by atoms with Gasteiger partial charge in [-0.1, -0.05) is 25.0 Å². The number of carbonyl (C=O) groups is 1. The third kappa shape index (κ3) is 3.42. The first-order valence-corrected chi connectivity index (χ1v) is 7.94. The fourth-order valence-electron chi connectivity index (χ4n) is 3.19. The van der Waals surface area contributed by atoms with Crippen LogP contribution in [0, 0.1) is 6.92 Å². The van der Waals surface area contributed by atoms with Crippen LogP contribution < -0.4 is 0 Å². The minimum absolute atomic E-state index is 0.0977. The summed E-state index contributed by atoms with van der Waals surface area (Å²) in [4.78, 5) is 18.5. The first-order chi connectivity index (χ1) is 11.0. The molecule has 1 aliphatic rings. The number of nitrogens with zero attached hydrogens (tertiary/aromatic N) is 3. The number of carbonyl (C=O) groups excluding carboxylic acids is 1. The van der Waals surface area contributed by atoms with E-state index in [-0.39, 0.29) is 5.91 Å². The summed E-state index contributed by atoms with van der Waals surface area (Å²) < 4.78 is 0. The molecule has 6 heteroatoms. The molecule has 1 heterocycles. The maximum atomic E-state index is 12.6. The van der Waals surface area contributed by atoms with E-state index in [9.17, 15) is 9.90 Å². The number of amides is 1. The lowest BCUT2D eigenvalue weighted by molar-refractivity contribution is 0.0157. The van der Waals surface area contributed by atoms with Gasteiger partial charge in [0.15, 0.2) is 5.82 Å². The van der Waals surface area contributed by atoms with E-state index in [2.05, 4.69) is 15.2 Å². The van der Waals surface area contributed by atoms with Crippen LogP contribution in [-0.4, -0.2) is 50.3 Å². The van der Waals surface area contributed by atoms with Gasteiger partial charge in [0.25, 0.3) is 5.91 Å². The number of H-pyrrole nitrogens is 1. The molecule has 1 aliphatic carbocycles. The van der Waals surface area contributed by atoms with Crippen molar-refractivity contribution in [3.63, 3.8) is 0 Å². The van der Waals surface area contributed by atoms with Crippen LogP contribution in [0.2, 0.25) is 0 Å². The van der Waals surface area contributed by atoms with Gasteiger partial charge < -0.3 is 10.0 Å². The highest BCUT2D eigenvalue weighted by atomic mass is 16.3. The smallest absolute Gasteiger partial charge is 0.253 e. The van der Waals surface area contributed by atoms with Gasteiger partial charge in [-0.25, -0.2) is 4.98 Å². The van der Waals surface area contributed by atoms with Gasteiger partial charge in [0.05, 0.1) is 5.60 Å². The predicted octanol–water partition coefficient (Wildman–Crippen LogP) is 2.16. The first-order valence-electron chi connectivity index (χ1n) is 7.94. The van der Waals surface area contributed by atoms with Gasteiger partial charge in [-0.3, -0.25) is 9.89 Å². The Morgan fingerprint density at radius 2 is 2.13 bits per heavy atom. The van der Waals surface area contributed by atoms with E-state index < -0.39 is 5.60 Å². The molecule has 0 saturated heterocycles. The molecule has 2 aromatic rings. The minimum atomic E-state index is -0.733. The molecule has 3 rings (SSSR count). The summed E-state index contributed by atoms with van der Waals surface area (Å²) in [5.74, 6) is 1.21. The van der Waals surface area contributed by atoms with E-state index in [4.69, 9.17) is 0 Å². The summed E-state index contributed by atoms with van der Waals surface area (Å²) in [6.45, 7) is 2.21. The Balaban J connectivity index is 1.76. The monoisotopic (exact) mass is 314 g/mol. The lowest BCUT2D eigenvalue weighted by Crippen LogP contribution is -2.42. The quantitative estimate of drug-likeness (QED) is 0.906. The normalized spacial score (nSPS) is 16.5. The van der Waals surface area contributed by atoms with Gasteiger partial charge in [0.2, 0.25) is 0 Å². The van der Waals surface area contributed by atoms with Crippen LogP contribution >= 0.6 is 0 Å². The zero-order valence-electron chi connectivity index (χ0n) is 13.5. The van der Waals surface area contributed by atoms with Gasteiger partial charge in [-0.15, -0.1) is 0 Å². The van der Waals surface area contributed by atoms with Crippen molar-refractivity contribution in [2.45, 2.75) is 38.2 Å². The molecule has 0 radical (unpaired) electrons. The number of aryl methyl sites for hydroxylation is 1. The summed E-state index contributed by atoms with van der Waals surface area (Å²) in [6, 6.07) is 7.27. The zero-order chi connectivity index (χ0) is 16.4. The van der Waals surface area contributed by atoms with Crippen molar-refractivity contribution in [1.82, 2.24) is 20.1 Å². The average Bonchev–Trinajstić information content (AvgIpc) is 3.15. The molecule has 0 aliphatic heterocycles. The van der Waals surface area contributed by atoms with Gasteiger partial charge in [0.1, 0.15) is 5.82 Å². The third-order valence-electron chi connectivity index (χ3n) is 4.38. The lowest BCUT2D eigenvalue weighted by atomic mass is 10.0. The van der Waals surface area contributed by atoms with Crippen LogP contribution in [0.3, 0.4) is 0 Å². The molecule has 6 nitrogen and oxygen atoms in total. The number of aliphatic hydroxyl groups is 1. The molecule has 0 bridgehead atoms. The van der Waals surface area contributed by atoms with Crippen LogP contribution in [0.15, 0.2) is 24.3 Å². The van der Waals surface area contributed by atoms with Crippen LogP contribution in [0.5, 0.6) is 0 Å². The molecule has 1 aromatic heterocycles. The Morgan fingerprint density at radius 1 is 1.39 bits per heavy atom. The van der Waals surface area contributed by atoms with Crippen LogP contribution in [-0.2, 0) is 0 Å². The van der Waals surface area contributed by atoms with Crippen LogP contribution in [0.25, 0.3) is 11.4 Å². The van der Waals surface area contributed by atoms with E-state index in [1.165, 1.54) is 0 Å². The van der Waals surface area contributed by atoms with Crippen LogP contribution in [0.1, 0.15) is 41.9 Å². The summed E-state index contributed by atoms with van der Waals surface area (Å²) in [6.07, 6.45) is 3.58. The Hall–Kier alpha value is -2.21. The Kier molecular flexibility index (Phi) is 4.17. The number of likely N-dealkylation sites (N-methyl/N-ethyl adjacent to an activating group) is 1. The Morgan fingerprint density at radius 3 is 2.78 bits per heavy atom. The van der Waals surface area contributed by atoms with Crippen molar-refractivity contribution in [1.29, 1.82) is 0 Å². The molecule has 1 aromatic carbocycles. The molecule has 0 atom stereocenters. The number of hydrogen-bond donors (Lipinski definition) is 2. The van der Waals surface area contributed by atoms with Crippen molar-refractivity contribution >= 4 is 5.91 Å². The minimum Gasteiger partial charge on any atom is -0.388 e. The summed E-state index contributed by atoms with van der Waals surface area (Å²) in [5.41, 5.74) is 0.644. The lowest BCUT2D eigenvalue weighted by Gasteiger charge is -2.28. The number of rotatable bonds is 4. The molecule has 2 N–H and O–H groups in total. The van der Waals surface area contributed by atoms with Gasteiger partial charge in [0, 0.05) is 24.7 Å². The molecule has 0 unspecified atom stereocenters. The molecule has 1 amide bonds. The zero-order valence-corrected chi connectivity index (χ0v) is 13.5. The Bertz CT molecular complexity index is 704. The second-order valence-corrected chi connectivity index (χ2v) is 6.42. The molecule has 122 valence electrons. The van der Waals surface area contributed by atoms with Crippen LogP contribution in [0.4, 0.5) is 0 Å². The maximum absolute atomic E-state index is 12.6. The highest BCUT2D eigenvalue weighted by Crippen LogP contribution is 2.30. The summed E-state index contributed by atoms with van der Waals surface area (Å²) in [7, 11) is 1.74. The molecular weight excluding hydrogens is 292 g/mol. The van der Waals surface area contributed by atoms with Crippen molar-refractivity contribution in [3.8, 4) is 11.4 Å². The third-order valence-corrected chi connectivity index (χ3v) is 4.38. The molecule has 1 fully saturated rings. The topological polar surface area (TPSA) is 82.1 Å². The maximum Gasteiger partial charge on any atom is 0.253 e. The fraction of sp³-hybridized carbons (Fsp3) is 0.471. The number of benzene rings is 1. The Labute approximate surface area is 135 Å². The molecule has 23 heavy (non-hydrogen) atoms. The van der Waals surface area contributed by atoms with Gasteiger partial charge >= 0.3 is 0 Å². The number of hydrogen-bond acceptors (Lipinski definition) is 4. The highest BCUT2D eigenvalue weighted by molar-refractivity contribution is 5.95. The standard InChI is InChI=1S/C17H22N4O2/c1-12-18-15(20-19-12)13-6-5-7-14(10-13)16(22)21(2)11-17(23)8-3-4-9-17/h5-7,10,23H,3-4,8-9,11H2,1-2H3,(H,18,19,20). The van der Waals surface area contributed by atoms with E-state index in [0.717, 1.165) is 37.1 Å². The van der Waals surface area contributed by atoms with Crippen molar-refractivity contribution in [2.24, 2.45) is 0 Å². The van der Waals surface area contributed by atoms with E-state index in [1.807, 2.05) is 19.1 Å². The highest BCUT2D eigenvalue weighted by Gasteiger charge is 2.33. The average molecular weight is 314 g/mol. The molecule has 1 saturated carbocycles. The predicted molar refractivity (Wildman–Crippen MR) is 86.9 cm³/mol. The molecular formula is C17H22N4O2. The summed E-state index contributed by atoms with van der Waals surface area (Å²) >= 11 is 0.